The van der Waals surface area contributed by atoms with Crippen molar-refractivity contribution in [1.82, 2.24) is 10.2 Å². The molecule has 1 atom stereocenters. The van der Waals surface area contributed by atoms with E-state index in [1.54, 1.807) is 26.8 Å². The van der Waals surface area contributed by atoms with Gasteiger partial charge in [0.05, 0.1) is 10.6 Å². The number of nitrogens with zero attached hydrogens (tertiary/aromatic N) is 2. The zero-order chi connectivity index (χ0) is 27.9. The summed E-state index contributed by atoms with van der Waals surface area (Å²) in [7, 11) is -4.36. The molecule has 7 nitrogen and oxygen atoms in total. The van der Waals surface area contributed by atoms with Crippen LogP contribution in [0.25, 0.3) is 0 Å². The molecule has 0 fully saturated rings. The maximum absolute atomic E-state index is 14.9. The summed E-state index contributed by atoms with van der Waals surface area (Å²) >= 11 is 0. The lowest BCUT2D eigenvalue weighted by atomic mass is 10.1. The molecule has 0 unspecified atom stereocenters. The first-order valence-electron chi connectivity index (χ1n) is 12.2. The predicted octanol–water partition coefficient (Wildman–Crippen LogP) is 4.49. The zero-order valence-electron chi connectivity index (χ0n) is 21.5. The summed E-state index contributed by atoms with van der Waals surface area (Å²) in [5.74, 6) is -2.42. The van der Waals surface area contributed by atoms with Crippen molar-refractivity contribution in [3.8, 4) is 0 Å². The van der Waals surface area contributed by atoms with Crippen LogP contribution in [-0.2, 0) is 26.2 Å². The van der Waals surface area contributed by atoms with Crippen LogP contribution < -0.4 is 9.62 Å². The van der Waals surface area contributed by atoms with Gasteiger partial charge in [-0.25, -0.2) is 17.2 Å². The van der Waals surface area contributed by atoms with E-state index in [9.17, 15) is 26.8 Å². The fourth-order valence-corrected chi connectivity index (χ4v) is 5.42. The summed E-state index contributed by atoms with van der Waals surface area (Å²) in [5, 5.41) is 2.79. The van der Waals surface area contributed by atoms with Gasteiger partial charge in [0.15, 0.2) is 0 Å². The Kier molecular flexibility index (Phi) is 9.57. The van der Waals surface area contributed by atoms with Crippen LogP contribution in [0.2, 0.25) is 0 Å². The summed E-state index contributed by atoms with van der Waals surface area (Å²) in [6.07, 6.45) is 0.233. The van der Waals surface area contributed by atoms with E-state index in [1.807, 2.05) is 0 Å². The van der Waals surface area contributed by atoms with Crippen LogP contribution >= 0.6 is 0 Å². The highest BCUT2D eigenvalue weighted by atomic mass is 32.2. The molecule has 0 saturated heterocycles. The number of hydrogen-bond donors (Lipinski definition) is 1. The molecular formula is C28H31F2N3O4S. The minimum absolute atomic E-state index is 0.0837. The molecule has 3 aromatic carbocycles. The number of rotatable bonds is 11. The van der Waals surface area contributed by atoms with Crippen molar-refractivity contribution in [2.24, 2.45) is 0 Å². The highest BCUT2D eigenvalue weighted by molar-refractivity contribution is 7.92. The number of carbonyl (C=O) groups is 2. The van der Waals surface area contributed by atoms with Crippen molar-refractivity contribution in [2.45, 2.75) is 50.7 Å². The molecule has 0 spiro atoms. The van der Waals surface area contributed by atoms with Crippen molar-refractivity contribution in [3.63, 3.8) is 0 Å². The van der Waals surface area contributed by atoms with Gasteiger partial charge in [0.1, 0.15) is 24.2 Å². The second-order valence-corrected chi connectivity index (χ2v) is 10.9. The fraction of sp³-hybridized carbons (Fsp3) is 0.286. The van der Waals surface area contributed by atoms with Crippen LogP contribution in [0.3, 0.4) is 0 Å². The van der Waals surface area contributed by atoms with Crippen molar-refractivity contribution in [2.75, 3.05) is 10.8 Å². The number of para-hydroxylation sites is 1. The molecule has 0 aliphatic carbocycles. The number of anilines is 1. The third-order valence-electron chi connectivity index (χ3n) is 5.81. The average molecular weight is 544 g/mol. The summed E-state index contributed by atoms with van der Waals surface area (Å²) in [6.45, 7) is 4.45. The SMILES string of the molecule is CC[C@H](C(=O)NC(C)C)N(Cc1ccc(F)cc1)C(=O)CN(c1ccccc1F)S(=O)(=O)c1ccccc1. The normalized spacial score (nSPS) is 12.2. The number of halogens is 2. The lowest BCUT2D eigenvalue weighted by molar-refractivity contribution is -0.140. The first-order chi connectivity index (χ1) is 18.0. The van der Waals surface area contributed by atoms with E-state index in [2.05, 4.69) is 5.32 Å². The minimum atomic E-state index is -4.36. The summed E-state index contributed by atoms with van der Waals surface area (Å²) in [5.41, 5.74) is 0.241. The number of sulfonamides is 1. The van der Waals surface area contributed by atoms with E-state index in [-0.39, 0.29) is 29.6 Å². The molecule has 3 rings (SSSR count). The Morgan fingerprint density at radius 2 is 1.50 bits per heavy atom. The predicted molar refractivity (Wildman–Crippen MR) is 142 cm³/mol. The van der Waals surface area contributed by atoms with Crippen LogP contribution in [0.4, 0.5) is 14.5 Å². The van der Waals surface area contributed by atoms with E-state index in [1.165, 1.54) is 71.6 Å². The van der Waals surface area contributed by atoms with Gasteiger partial charge in [-0.2, -0.15) is 0 Å². The monoisotopic (exact) mass is 543 g/mol. The molecule has 2 amide bonds. The Morgan fingerprint density at radius 3 is 2.08 bits per heavy atom. The van der Waals surface area contributed by atoms with Gasteiger partial charge in [0, 0.05) is 12.6 Å². The van der Waals surface area contributed by atoms with Gasteiger partial charge in [-0.1, -0.05) is 49.4 Å². The highest BCUT2D eigenvalue weighted by Crippen LogP contribution is 2.27. The van der Waals surface area contributed by atoms with Crippen LogP contribution in [0.5, 0.6) is 0 Å². The molecule has 38 heavy (non-hydrogen) atoms. The van der Waals surface area contributed by atoms with Crippen LogP contribution in [-0.4, -0.2) is 43.8 Å². The Morgan fingerprint density at radius 1 is 0.895 bits per heavy atom. The van der Waals surface area contributed by atoms with Crippen molar-refractivity contribution < 1.29 is 26.8 Å². The standard InChI is InChI=1S/C28H31F2N3O4S/c1-4-25(28(35)31-20(2)3)32(18-21-14-16-22(29)17-15-21)27(34)19-33(26-13-9-8-12-24(26)30)38(36,37)23-10-6-5-7-11-23/h5-17,20,25H,4,18-19H2,1-3H3,(H,31,35)/t25-/m1/s1. The molecule has 0 aliphatic heterocycles. The minimum Gasteiger partial charge on any atom is -0.352 e. The van der Waals surface area contributed by atoms with E-state index in [4.69, 9.17) is 0 Å². The lowest BCUT2D eigenvalue weighted by Gasteiger charge is -2.33. The average Bonchev–Trinajstić information content (AvgIpc) is 2.88. The summed E-state index contributed by atoms with van der Waals surface area (Å²) in [6, 6.07) is 17.0. The Hall–Kier alpha value is -3.79. The molecule has 0 heterocycles. The van der Waals surface area contributed by atoms with Crippen LogP contribution in [0, 0.1) is 11.6 Å². The van der Waals surface area contributed by atoms with Crippen molar-refractivity contribution >= 4 is 27.5 Å². The second kappa shape index (κ2) is 12.6. The van der Waals surface area contributed by atoms with Gasteiger partial charge in [0.25, 0.3) is 10.0 Å². The molecule has 10 heteroatoms. The third-order valence-corrected chi connectivity index (χ3v) is 7.59. The zero-order valence-corrected chi connectivity index (χ0v) is 22.3. The molecule has 0 bridgehead atoms. The Balaban J connectivity index is 2.06. The smallest absolute Gasteiger partial charge is 0.264 e. The number of carbonyl (C=O) groups excluding carboxylic acids is 2. The Labute approximate surface area is 222 Å². The summed E-state index contributed by atoms with van der Waals surface area (Å²) < 4.78 is 56.4. The topological polar surface area (TPSA) is 86.8 Å². The van der Waals surface area contributed by atoms with Crippen molar-refractivity contribution in [3.05, 3.63) is 96.1 Å². The van der Waals surface area contributed by atoms with E-state index in [0.717, 1.165) is 6.07 Å². The van der Waals surface area contributed by atoms with Gasteiger partial charge in [0.2, 0.25) is 11.8 Å². The first kappa shape index (κ1) is 28.8. The number of nitrogens with one attached hydrogen (secondary N) is 1. The molecule has 3 aromatic rings. The van der Waals surface area contributed by atoms with Crippen LogP contribution in [0.15, 0.2) is 83.8 Å². The number of amides is 2. The highest BCUT2D eigenvalue weighted by Gasteiger charge is 2.34. The van der Waals surface area contributed by atoms with E-state index < -0.39 is 46.1 Å². The lowest BCUT2D eigenvalue weighted by Crippen LogP contribution is -2.53. The Bertz CT molecular complexity index is 1350. The molecule has 1 N–H and O–H groups in total. The van der Waals surface area contributed by atoms with Gasteiger partial charge < -0.3 is 10.2 Å². The fourth-order valence-electron chi connectivity index (χ4n) is 3.97. The molecule has 0 saturated carbocycles. The number of benzene rings is 3. The van der Waals surface area contributed by atoms with E-state index >= 15 is 0 Å². The first-order valence-corrected chi connectivity index (χ1v) is 13.6. The quantitative estimate of drug-likeness (QED) is 0.386. The maximum atomic E-state index is 14.9. The molecule has 0 radical (unpaired) electrons. The largest absolute Gasteiger partial charge is 0.352 e. The molecule has 0 aliphatic rings. The molecule has 202 valence electrons. The van der Waals surface area contributed by atoms with Crippen LogP contribution in [0.1, 0.15) is 32.8 Å². The van der Waals surface area contributed by atoms with E-state index in [0.29, 0.717) is 9.87 Å². The van der Waals surface area contributed by atoms with Crippen molar-refractivity contribution in [1.29, 1.82) is 0 Å². The molecular weight excluding hydrogens is 512 g/mol. The maximum Gasteiger partial charge on any atom is 0.264 e. The van der Waals surface area contributed by atoms with Gasteiger partial charge in [-0.15, -0.1) is 0 Å². The molecule has 0 aromatic heterocycles. The summed E-state index contributed by atoms with van der Waals surface area (Å²) in [4.78, 5) is 28.0. The number of hydrogen-bond acceptors (Lipinski definition) is 4. The second-order valence-electron chi connectivity index (χ2n) is 9.01. The third kappa shape index (κ3) is 6.95. The van der Waals surface area contributed by atoms with Gasteiger partial charge >= 0.3 is 0 Å². The van der Waals surface area contributed by atoms with Gasteiger partial charge in [-0.3, -0.25) is 13.9 Å². The van der Waals surface area contributed by atoms with Gasteiger partial charge in [-0.05, 0) is 62.2 Å².